The number of halogens is 5. The van der Waals surface area contributed by atoms with E-state index in [1.54, 1.807) is 0 Å². The van der Waals surface area contributed by atoms with E-state index in [0.29, 0.717) is 6.42 Å². The highest BCUT2D eigenvalue weighted by molar-refractivity contribution is 9.10. The number of hydrogen-bond donors (Lipinski definition) is 0. The summed E-state index contributed by atoms with van der Waals surface area (Å²) in [7, 11) is 0. The Balaban J connectivity index is 4.00. The largest absolute Gasteiger partial charge is 0.285 e. The van der Waals surface area contributed by atoms with Crippen molar-refractivity contribution in [2.75, 3.05) is 0 Å². The second kappa shape index (κ2) is 4.24. The molecule has 0 bridgehead atoms. The molecule has 0 aromatic carbocycles. The molecule has 0 aromatic rings. The van der Waals surface area contributed by atoms with Crippen molar-refractivity contribution in [2.24, 2.45) is 0 Å². The fourth-order valence-corrected chi connectivity index (χ4v) is 0.967. The molecule has 0 fully saturated rings. The van der Waals surface area contributed by atoms with Gasteiger partial charge in [-0.25, -0.2) is 8.78 Å². The highest BCUT2D eigenvalue weighted by atomic mass is 79.9. The summed E-state index contributed by atoms with van der Waals surface area (Å²) in [6.07, 6.45) is 1.15. The van der Waals surface area contributed by atoms with Gasteiger partial charge < -0.3 is 0 Å². The van der Waals surface area contributed by atoms with Crippen LogP contribution in [0.4, 0.5) is 8.78 Å². The van der Waals surface area contributed by atoms with Crippen molar-refractivity contribution in [1.82, 2.24) is 0 Å². The minimum Gasteiger partial charge on any atom is -0.220 e. The predicted molar refractivity (Wildman–Crippen MR) is 47.8 cm³/mol. The van der Waals surface area contributed by atoms with Crippen LogP contribution in [0, 0.1) is 0 Å². The van der Waals surface area contributed by atoms with Crippen LogP contribution in [0.1, 0.15) is 26.2 Å². The van der Waals surface area contributed by atoms with Gasteiger partial charge in [-0.2, -0.15) is 0 Å². The first-order valence-electron chi connectivity index (χ1n) is 3.26. The third-order valence-electron chi connectivity index (χ3n) is 1.26. The smallest absolute Gasteiger partial charge is 0.220 e. The van der Waals surface area contributed by atoms with Crippen LogP contribution in [0.5, 0.6) is 0 Å². The molecule has 0 aliphatic carbocycles. The first kappa shape index (κ1) is 11.9. The van der Waals surface area contributed by atoms with Gasteiger partial charge >= 0.3 is 0 Å². The lowest BCUT2D eigenvalue weighted by Gasteiger charge is -2.23. The zero-order valence-electron chi connectivity index (χ0n) is 6.01. The fraction of sp³-hybridized carbons (Fsp3) is 1.00. The van der Waals surface area contributed by atoms with Crippen LogP contribution < -0.4 is 0 Å². The second-order valence-corrected chi connectivity index (χ2v) is 4.97. The SMILES string of the molecule is CCCCC(F)(Cl)C(F)(Cl)Br. The molecular weight excluding hydrogens is 261 g/mol. The Morgan fingerprint density at radius 2 is 1.82 bits per heavy atom. The minimum absolute atomic E-state index is 0.101. The predicted octanol–water partition coefficient (Wildman–Crippen LogP) is 4.34. The Bertz CT molecular complexity index is 122. The van der Waals surface area contributed by atoms with Crippen LogP contribution in [0.3, 0.4) is 0 Å². The molecule has 0 aromatic heterocycles. The fourth-order valence-electron chi connectivity index (χ4n) is 0.541. The first-order valence-corrected chi connectivity index (χ1v) is 4.80. The summed E-state index contributed by atoms with van der Waals surface area (Å²) in [5.74, 6) is 0. The molecule has 0 N–H and O–H groups in total. The van der Waals surface area contributed by atoms with Gasteiger partial charge in [0.15, 0.2) is 0 Å². The van der Waals surface area contributed by atoms with Crippen LogP contribution in [0.15, 0.2) is 0 Å². The van der Waals surface area contributed by atoms with Crippen molar-refractivity contribution in [3.05, 3.63) is 0 Å². The first-order chi connectivity index (χ1) is 4.81. The summed E-state index contributed by atoms with van der Waals surface area (Å²) in [6, 6.07) is 0. The number of unbranched alkanes of at least 4 members (excludes halogenated alkanes) is 1. The van der Waals surface area contributed by atoms with E-state index in [1.165, 1.54) is 0 Å². The molecule has 0 aliphatic heterocycles. The van der Waals surface area contributed by atoms with Gasteiger partial charge in [-0.15, -0.1) is 0 Å². The summed E-state index contributed by atoms with van der Waals surface area (Å²) in [5, 5.41) is -2.52. The molecule has 0 nitrogen and oxygen atoms in total. The van der Waals surface area contributed by atoms with Gasteiger partial charge in [0.2, 0.25) is 5.13 Å². The molecule has 0 radical (unpaired) electrons. The number of hydrogen-bond acceptors (Lipinski definition) is 0. The van der Waals surface area contributed by atoms with E-state index in [-0.39, 0.29) is 6.42 Å². The highest BCUT2D eigenvalue weighted by Crippen LogP contribution is 2.46. The van der Waals surface area contributed by atoms with Crippen molar-refractivity contribution in [2.45, 2.75) is 35.4 Å². The third kappa shape index (κ3) is 3.90. The zero-order valence-corrected chi connectivity index (χ0v) is 9.11. The lowest BCUT2D eigenvalue weighted by molar-refractivity contribution is 0.153. The lowest BCUT2D eigenvalue weighted by Crippen LogP contribution is -2.32. The molecule has 2 atom stereocenters. The standard InChI is InChI=1S/C6H9BrCl2F2/c1-2-3-4-5(8,10)6(7,9)11/h2-4H2,1H3. The molecule has 2 unspecified atom stereocenters. The molecule has 0 spiro atoms. The quantitative estimate of drug-likeness (QED) is 0.666. The van der Waals surface area contributed by atoms with Crippen LogP contribution in [0.2, 0.25) is 0 Å². The van der Waals surface area contributed by atoms with Crippen molar-refractivity contribution in [3.63, 3.8) is 0 Å². The maximum absolute atomic E-state index is 13.0. The molecule has 0 saturated heterocycles. The van der Waals surface area contributed by atoms with Crippen LogP contribution in [-0.2, 0) is 0 Å². The van der Waals surface area contributed by atoms with E-state index >= 15 is 0 Å². The zero-order chi connectivity index (χ0) is 9.12. The molecule has 68 valence electrons. The average Bonchev–Trinajstić information content (AvgIpc) is 1.81. The maximum Gasteiger partial charge on any atom is 0.285 e. The van der Waals surface area contributed by atoms with Gasteiger partial charge in [-0.05, 0) is 22.4 Å². The lowest BCUT2D eigenvalue weighted by atomic mass is 10.2. The normalized spacial score (nSPS) is 22.4. The number of alkyl halides is 5. The summed E-state index contributed by atoms with van der Waals surface area (Å²) in [5.41, 5.74) is 0. The van der Waals surface area contributed by atoms with E-state index in [1.807, 2.05) is 6.92 Å². The van der Waals surface area contributed by atoms with Gasteiger partial charge in [-0.1, -0.05) is 36.5 Å². The van der Waals surface area contributed by atoms with Crippen molar-refractivity contribution >= 4 is 39.1 Å². The Morgan fingerprint density at radius 3 is 2.09 bits per heavy atom. The van der Waals surface area contributed by atoms with Gasteiger partial charge in [0.05, 0.1) is 0 Å². The summed E-state index contributed by atoms with van der Waals surface area (Å²) in [6.45, 7) is 1.86. The molecule has 0 heterocycles. The topological polar surface area (TPSA) is 0 Å². The van der Waals surface area contributed by atoms with Crippen LogP contribution in [-0.4, -0.2) is 9.17 Å². The van der Waals surface area contributed by atoms with E-state index in [0.717, 1.165) is 6.42 Å². The average molecular weight is 270 g/mol. The molecule has 0 amide bonds. The highest BCUT2D eigenvalue weighted by Gasteiger charge is 2.48. The van der Waals surface area contributed by atoms with Gasteiger partial charge in [0.1, 0.15) is 0 Å². The molecule has 11 heavy (non-hydrogen) atoms. The number of rotatable bonds is 4. The van der Waals surface area contributed by atoms with Crippen LogP contribution >= 0.6 is 39.1 Å². The second-order valence-electron chi connectivity index (χ2n) is 2.31. The monoisotopic (exact) mass is 268 g/mol. The van der Waals surface area contributed by atoms with Gasteiger partial charge in [0.25, 0.3) is 4.04 Å². The van der Waals surface area contributed by atoms with Gasteiger partial charge in [0, 0.05) is 6.42 Å². The summed E-state index contributed by atoms with van der Waals surface area (Å²) < 4.78 is 23.0. The molecule has 0 aliphatic rings. The van der Waals surface area contributed by atoms with Crippen LogP contribution in [0.25, 0.3) is 0 Å². The Labute approximate surface area is 83.4 Å². The molecule has 0 rings (SSSR count). The van der Waals surface area contributed by atoms with E-state index < -0.39 is 9.17 Å². The third-order valence-corrected chi connectivity index (χ3v) is 2.96. The van der Waals surface area contributed by atoms with Crippen molar-refractivity contribution < 1.29 is 8.78 Å². The van der Waals surface area contributed by atoms with Gasteiger partial charge in [-0.3, -0.25) is 0 Å². The molecular formula is C6H9BrCl2F2. The van der Waals surface area contributed by atoms with E-state index in [4.69, 9.17) is 23.2 Å². The van der Waals surface area contributed by atoms with Crippen molar-refractivity contribution in [3.8, 4) is 0 Å². The molecule has 0 saturated carbocycles. The Kier molecular flexibility index (Phi) is 4.59. The van der Waals surface area contributed by atoms with E-state index in [9.17, 15) is 8.78 Å². The van der Waals surface area contributed by atoms with E-state index in [2.05, 4.69) is 15.9 Å². The Hall–Kier alpha value is 0.920. The summed E-state index contributed by atoms with van der Waals surface area (Å²) in [4.78, 5) is 0. The summed E-state index contributed by atoms with van der Waals surface area (Å²) >= 11 is 12.5. The maximum atomic E-state index is 13.0. The Morgan fingerprint density at radius 1 is 1.36 bits per heavy atom. The molecule has 5 heteroatoms. The minimum atomic E-state index is -2.67. The van der Waals surface area contributed by atoms with Crippen molar-refractivity contribution in [1.29, 1.82) is 0 Å².